The number of carboxylic acids is 2. The molecule has 0 atom stereocenters. The third kappa shape index (κ3) is 11.4. The van der Waals surface area contributed by atoms with Crippen molar-refractivity contribution >= 4 is 11.9 Å². The van der Waals surface area contributed by atoms with Crippen LogP contribution in [0.5, 0.6) is 0 Å². The van der Waals surface area contributed by atoms with Gasteiger partial charge in [-0.25, -0.2) is 4.98 Å². The van der Waals surface area contributed by atoms with Gasteiger partial charge in [-0.1, -0.05) is 19.4 Å². The molecule has 109 valence electrons. The van der Waals surface area contributed by atoms with Gasteiger partial charge in [0.1, 0.15) is 0 Å². The summed E-state index contributed by atoms with van der Waals surface area (Å²) in [6.45, 7) is 1.94. The van der Waals surface area contributed by atoms with E-state index in [2.05, 4.69) is 4.98 Å². The minimum Gasteiger partial charge on any atom is -2.00 e. The molecule has 1 rings (SSSR count). The molecule has 3 N–H and O–H groups in total. The number of carbonyl (C=O) groups is 2. The van der Waals surface area contributed by atoms with Crippen LogP contribution >= 0.6 is 0 Å². The van der Waals surface area contributed by atoms with Crippen LogP contribution in [0.1, 0.15) is 34.3 Å². The number of carbonyl (C=O) groups excluding carboxylic acids is 2. The summed E-state index contributed by atoms with van der Waals surface area (Å²) >= 11 is 0. The molecule has 0 saturated heterocycles. The molecule has 0 spiro atoms. The number of nitrogens with zero attached hydrogens (tertiary/aromatic N) is 1. The Morgan fingerprint density at radius 3 is 1.68 bits per heavy atom. The average Bonchev–Trinajstić information content (AvgIpc) is 2.29. The van der Waals surface area contributed by atoms with E-state index in [4.69, 9.17) is 0 Å². The molecule has 0 aromatic carbocycles. The van der Waals surface area contributed by atoms with Gasteiger partial charge in [-0.15, -0.1) is 6.61 Å². The summed E-state index contributed by atoms with van der Waals surface area (Å²) in [6, 6.07) is 3.53. The number of hydrogen-bond acceptors (Lipinski definition) is 6. The van der Waals surface area contributed by atoms with E-state index in [1.165, 1.54) is 6.07 Å². The largest absolute Gasteiger partial charge is 2.00 e. The third-order valence-corrected chi connectivity index (χ3v) is 1.37. The molecule has 0 unspecified atom stereocenters. The standard InChI is InChI=1S/C7H5NO4.C3H7O.H2O.O.V/c9-6(10)4-2-1-3-5(8-4)7(11)12;1-2-3-4;;;/h1-3H,(H,9,10)(H,11,12);2-3H2,1H3;1H2;;/q;-1;;-2;/p-1. The zero-order chi connectivity index (χ0) is 12.6. The van der Waals surface area contributed by atoms with Gasteiger partial charge < -0.3 is 35.9 Å². The first-order chi connectivity index (χ1) is 7.52. The Balaban J connectivity index is -0.000000144. The molecule has 0 aliphatic rings. The van der Waals surface area contributed by atoms with Gasteiger partial charge in [-0.2, -0.15) is 0 Å². The van der Waals surface area contributed by atoms with Crippen LogP contribution in [0.3, 0.4) is 0 Å². The number of pyridine rings is 1. The van der Waals surface area contributed by atoms with E-state index in [-0.39, 0.29) is 36.1 Å². The second-order valence-corrected chi connectivity index (χ2v) is 2.69. The SMILES string of the molecule is CCC[O-].O=C([O-])c1cccc(C(=O)[O-])n1.[O-2].[OH3+].[V]. The summed E-state index contributed by atoms with van der Waals surface area (Å²) in [7, 11) is 0. The molecule has 1 aromatic heterocycles. The summed E-state index contributed by atoms with van der Waals surface area (Å²) in [5, 5.41) is 29.7. The molecule has 0 fully saturated rings. The van der Waals surface area contributed by atoms with Crippen molar-refractivity contribution in [2.45, 2.75) is 13.3 Å². The van der Waals surface area contributed by atoms with Crippen LogP contribution in [0.15, 0.2) is 18.2 Å². The Hall–Kier alpha value is -1.45. The van der Waals surface area contributed by atoms with Crippen LogP contribution in [0.25, 0.3) is 0 Å². The van der Waals surface area contributed by atoms with Crippen molar-refractivity contribution in [3.05, 3.63) is 29.6 Å². The number of aromatic carboxylic acids is 2. The fourth-order valence-electron chi connectivity index (χ4n) is 0.662. The number of aromatic nitrogens is 1. The maximum absolute atomic E-state index is 10.2. The Bertz CT molecular complexity index is 341. The summed E-state index contributed by atoms with van der Waals surface area (Å²) in [6.07, 6.45) is 0.764. The van der Waals surface area contributed by atoms with Gasteiger partial charge in [0.05, 0.1) is 23.3 Å². The van der Waals surface area contributed by atoms with Crippen molar-refractivity contribution in [3.8, 4) is 0 Å². The average molecular weight is 310 g/mol. The van der Waals surface area contributed by atoms with Crippen LogP contribution < -0.4 is 15.3 Å². The quantitative estimate of drug-likeness (QED) is 0.523. The third-order valence-electron chi connectivity index (χ3n) is 1.37. The van der Waals surface area contributed by atoms with Crippen LogP contribution in [0.4, 0.5) is 0 Å². The van der Waals surface area contributed by atoms with E-state index in [0.717, 1.165) is 18.6 Å². The minimum atomic E-state index is -1.52. The molecular weight excluding hydrogens is 297 g/mol. The van der Waals surface area contributed by atoms with E-state index >= 15 is 0 Å². The van der Waals surface area contributed by atoms with Crippen molar-refractivity contribution < 1.29 is 54.4 Å². The molecule has 0 saturated carbocycles. The molecule has 1 radical (unpaired) electrons. The topological polar surface area (TPSA) is 178 Å². The van der Waals surface area contributed by atoms with Crippen LogP contribution in [0.2, 0.25) is 0 Å². The predicted molar refractivity (Wildman–Crippen MR) is 53.6 cm³/mol. The monoisotopic (exact) mass is 310 g/mol. The second-order valence-electron chi connectivity index (χ2n) is 2.69. The van der Waals surface area contributed by atoms with Gasteiger partial charge in [-0.3, -0.25) is 0 Å². The second kappa shape index (κ2) is 14.6. The molecule has 0 amide bonds. The maximum atomic E-state index is 10.2. The number of carboxylic acid groups (broad SMARTS) is 2. The first-order valence-electron chi connectivity index (χ1n) is 4.50. The number of rotatable bonds is 3. The molecule has 0 aliphatic carbocycles. The fraction of sp³-hybridized carbons (Fsp3) is 0.300. The Kier molecular flexibility index (Phi) is 20.1. The maximum Gasteiger partial charge on any atom is 0.0900 e. The summed E-state index contributed by atoms with van der Waals surface area (Å²) in [4.78, 5) is 23.6. The summed E-state index contributed by atoms with van der Waals surface area (Å²) in [5.41, 5.74) is -0.839. The Morgan fingerprint density at radius 1 is 1.16 bits per heavy atom. The van der Waals surface area contributed by atoms with Gasteiger partial charge in [0.15, 0.2) is 0 Å². The van der Waals surface area contributed by atoms with Gasteiger partial charge in [-0.05, 0) is 12.1 Å². The normalized spacial score (nSPS) is 7.47. The first-order valence-corrected chi connectivity index (χ1v) is 4.50. The zero-order valence-corrected chi connectivity index (χ0v) is 11.5. The van der Waals surface area contributed by atoms with Gasteiger partial charge in [0.25, 0.3) is 0 Å². The molecule has 1 aromatic rings. The molecule has 0 aliphatic heterocycles. The Morgan fingerprint density at radius 2 is 1.47 bits per heavy atom. The van der Waals surface area contributed by atoms with Crippen LogP contribution in [-0.4, -0.2) is 23.5 Å². The van der Waals surface area contributed by atoms with Crippen LogP contribution in [0, 0.1) is 0 Å². The molecule has 19 heavy (non-hydrogen) atoms. The molecule has 0 bridgehead atoms. The molecule has 1 heterocycles. The first kappa shape index (κ1) is 26.2. The van der Waals surface area contributed by atoms with Gasteiger partial charge in [0.2, 0.25) is 0 Å². The number of hydrogen-bond donors (Lipinski definition) is 0. The zero-order valence-electron chi connectivity index (χ0n) is 10.1. The smallest absolute Gasteiger partial charge is 0.0900 e. The van der Waals surface area contributed by atoms with Crippen LogP contribution in [-0.2, 0) is 29.5 Å². The predicted octanol–water partition coefficient (Wildman–Crippen LogP) is -3.48. The van der Waals surface area contributed by atoms with E-state index in [1.54, 1.807) is 0 Å². The van der Waals surface area contributed by atoms with Gasteiger partial charge >= 0.3 is 0 Å². The summed E-state index contributed by atoms with van der Waals surface area (Å²) in [5.74, 6) is -3.03. The van der Waals surface area contributed by atoms with Gasteiger partial charge in [0, 0.05) is 18.6 Å². The van der Waals surface area contributed by atoms with E-state index in [9.17, 15) is 24.9 Å². The van der Waals surface area contributed by atoms with E-state index in [1.807, 2.05) is 6.92 Å². The fourth-order valence-corrected chi connectivity index (χ4v) is 0.662. The molecular formula is C10H13NO7V-4. The van der Waals surface area contributed by atoms with Crippen molar-refractivity contribution in [1.82, 2.24) is 4.98 Å². The van der Waals surface area contributed by atoms with Crippen molar-refractivity contribution in [2.24, 2.45) is 0 Å². The molecule has 8 nitrogen and oxygen atoms in total. The van der Waals surface area contributed by atoms with E-state index in [0.29, 0.717) is 0 Å². The molecule has 9 heteroatoms. The van der Waals surface area contributed by atoms with E-state index < -0.39 is 23.3 Å². The summed E-state index contributed by atoms with van der Waals surface area (Å²) < 4.78 is 0. The van der Waals surface area contributed by atoms with Crippen molar-refractivity contribution in [1.29, 1.82) is 0 Å². The van der Waals surface area contributed by atoms with Crippen molar-refractivity contribution in [2.75, 3.05) is 6.61 Å². The van der Waals surface area contributed by atoms with Crippen molar-refractivity contribution in [3.63, 3.8) is 0 Å². The Labute approximate surface area is 121 Å². The minimum absolute atomic E-state index is 0.